The second kappa shape index (κ2) is 5.21. The van der Waals surface area contributed by atoms with Crippen molar-refractivity contribution in [1.82, 2.24) is 0 Å². The van der Waals surface area contributed by atoms with Crippen LogP contribution >= 0.6 is 0 Å². The molecule has 0 aliphatic carbocycles. The molecule has 0 aliphatic heterocycles. The third-order valence-corrected chi connectivity index (χ3v) is 1.87. The summed E-state index contributed by atoms with van der Waals surface area (Å²) in [5, 5.41) is 12.0. The molecule has 0 N–H and O–H groups in total. The lowest BCUT2D eigenvalue weighted by Gasteiger charge is -2.24. The lowest BCUT2D eigenvalue weighted by Crippen LogP contribution is -2.31. The van der Waals surface area contributed by atoms with Crippen molar-refractivity contribution in [2.24, 2.45) is 0 Å². The molecule has 1 rings (SSSR count). The first-order chi connectivity index (χ1) is 7.12. The van der Waals surface area contributed by atoms with Gasteiger partial charge < -0.3 is 9.47 Å². The number of hydrogen-bond acceptors (Lipinski definition) is 2. The van der Waals surface area contributed by atoms with Crippen LogP contribution < -0.4 is 0 Å². The predicted octanol–water partition coefficient (Wildman–Crippen LogP) is 2.44. The van der Waals surface area contributed by atoms with Gasteiger partial charge in [0.25, 0.3) is 0 Å². The highest BCUT2D eigenvalue weighted by Gasteiger charge is 2.33. The Hall–Kier alpha value is -0.970. The van der Waals surface area contributed by atoms with Gasteiger partial charge in [-0.25, -0.2) is 4.39 Å². The standard InChI is InChI=1S/C11H14FO3/c1-3-14-11(13,15-4-2)9-5-7-10(12)8-6-9/h5-8H,3-4H2,1-2H3. The van der Waals surface area contributed by atoms with E-state index in [0.29, 0.717) is 0 Å². The molecule has 3 nitrogen and oxygen atoms in total. The van der Waals surface area contributed by atoms with Gasteiger partial charge in [-0.1, -0.05) is 0 Å². The van der Waals surface area contributed by atoms with Crippen LogP contribution in [0.5, 0.6) is 0 Å². The molecule has 1 aromatic rings. The number of benzene rings is 1. The predicted molar refractivity (Wildman–Crippen MR) is 52.0 cm³/mol. The highest BCUT2D eigenvalue weighted by atomic mass is 19.1. The highest BCUT2D eigenvalue weighted by Crippen LogP contribution is 2.25. The zero-order valence-electron chi connectivity index (χ0n) is 8.83. The number of ether oxygens (including phenoxy) is 2. The first-order valence-electron chi connectivity index (χ1n) is 4.86. The second-order valence-corrected chi connectivity index (χ2v) is 2.93. The molecule has 0 atom stereocenters. The van der Waals surface area contributed by atoms with Gasteiger partial charge in [-0.05, 0) is 38.1 Å². The Morgan fingerprint density at radius 2 is 1.60 bits per heavy atom. The molecule has 0 amide bonds. The maximum atomic E-state index is 12.7. The van der Waals surface area contributed by atoms with Crippen LogP contribution in [0.1, 0.15) is 19.4 Å². The summed E-state index contributed by atoms with van der Waals surface area (Å²) in [6.07, 6.45) is 0. The average molecular weight is 213 g/mol. The quantitative estimate of drug-likeness (QED) is 0.704. The second-order valence-electron chi connectivity index (χ2n) is 2.93. The third-order valence-electron chi connectivity index (χ3n) is 1.87. The van der Waals surface area contributed by atoms with Crippen molar-refractivity contribution in [1.29, 1.82) is 0 Å². The van der Waals surface area contributed by atoms with Crippen LogP contribution in [0.25, 0.3) is 0 Å². The highest BCUT2D eigenvalue weighted by molar-refractivity contribution is 5.19. The van der Waals surface area contributed by atoms with E-state index in [0.717, 1.165) is 0 Å². The molecule has 83 valence electrons. The van der Waals surface area contributed by atoms with Gasteiger partial charge in [0.2, 0.25) is 0 Å². The summed E-state index contributed by atoms with van der Waals surface area (Å²) in [7, 11) is 0. The maximum absolute atomic E-state index is 12.7. The molecule has 0 fully saturated rings. The molecule has 0 unspecified atom stereocenters. The molecule has 0 aliphatic rings. The summed E-state index contributed by atoms with van der Waals surface area (Å²) >= 11 is 0. The van der Waals surface area contributed by atoms with Crippen LogP contribution in [0.3, 0.4) is 0 Å². The summed E-state index contributed by atoms with van der Waals surface area (Å²) < 4.78 is 22.7. The Morgan fingerprint density at radius 1 is 1.13 bits per heavy atom. The molecule has 1 aromatic carbocycles. The Labute approximate surface area is 88.4 Å². The Bertz CT molecular complexity index is 291. The van der Waals surface area contributed by atoms with Crippen LogP contribution in [-0.4, -0.2) is 13.2 Å². The summed E-state index contributed by atoms with van der Waals surface area (Å²) in [6.45, 7) is 3.88. The van der Waals surface area contributed by atoms with Gasteiger partial charge in [-0.2, -0.15) is 5.11 Å². The maximum Gasteiger partial charge on any atom is 0.340 e. The lowest BCUT2D eigenvalue weighted by molar-refractivity contribution is -0.398. The fourth-order valence-corrected chi connectivity index (χ4v) is 1.24. The molecule has 4 heteroatoms. The Balaban J connectivity index is 2.92. The minimum atomic E-state index is -2.03. The van der Waals surface area contributed by atoms with E-state index >= 15 is 0 Å². The van der Waals surface area contributed by atoms with Crippen molar-refractivity contribution in [3.8, 4) is 0 Å². The zero-order valence-corrected chi connectivity index (χ0v) is 8.83. The van der Waals surface area contributed by atoms with Gasteiger partial charge in [-0.15, -0.1) is 0 Å². The van der Waals surface area contributed by atoms with Crippen molar-refractivity contribution in [2.75, 3.05) is 13.2 Å². The van der Waals surface area contributed by atoms with Crippen molar-refractivity contribution in [3.05, 3.63) is 35.6 Å². The topological polar surface area (TPSA) is 38.4 Å². The van der Waals surface area contributed by atoms with Crippen LogP contribution in [0.15, 0.2) is 24.3 Å². The van der Waals surface area contributed by atoms with Crippen LogP contribution in [-0.2, 0) is 20.6 Å². The molecular formula is C11H14FO3. The van der Waals surface area contributed by atoms with E-state index in [1.54, 1.807) is 13.8 Å². The Kier molecular flexibility index (Phi) is 4.20. The molecule has 0 spiro atoms. The van der Waals surface area contributed by atoms with E-state index in [9.17, 15) is 9.50 Å². The van der Waals surface area contributed by atoms with Gasteiger partial charge >= 0.3 is 5.97 Å². The summed E-state index contributed by atoms with van der Waals surface area (Å²) in [6, 6.07) is 5.15. The van der Waals surface area contributed by atoms with E-state index in [4.69, 9.17) is 9.47 Å². The first kappa shape index (κ1) is 12.1. The monoisotopic (exact) mass is 213 g/mol. The normalized spacial score (nSPS) is 11.7. The summed E-state index contributed by atoms with van der Waals surface area (Å²) in [4.78, 5) is 0. The van der Waals surface area contributed by atoms with E-state index < -0.39 is 11.8 Å². The van der Waals surface area contributed by atoms with E-state index in [2.05, 4.69) is 0 Å². The molecule has 0 heterocycles. The van der Waals surface area contributed by atoms with E-state index in [-0.39, 0.29) is 18.8 Å². The largest absolute Gasteiger partial charge is 0.340 e. The molecule has 1 radical (unpaired) electrons. The van der Waals surface area contributed by atoms with Gasteiger partial charge in [0.05, 0.1) is 13.2 Å². The summed E-state index contributed by atoms with van der Waals surface area (Å²) in [5.41, 5.74) is 0.271. The van der Waals surface area contributed by atoms with E-state index in [1.807, 2.05) is 0 Å². The molecule has 0 bridgehead atoms. The zero-order chi connectivity index (χ0) is 11.3. The van der Waals surface area contributed by atoms with Gasteiger partial charge in [0.1, 0.15) is 5.82 Å². The number of rotatable bonds is 5. The first-order valence-corrected chi connectivity index (χ1v) is 4.86. The molecule has 0 saturated heterocycles. The Morgan fingerprint density at radius 3 is 2.00 bits per heavy atom. The van der Waals surface area contributed by atoms with Gasteiger partial charge in [-0.3, -0.25) is 0 Å². The number of hydrogen-bond donors (Lipinski definition) is 0. The van der Waals surface area contributed by atoms with E-state index in [1.165, 1.54) is 24.3 Å². The van der Waals surface area contributed by atoms with Crippen molar-refractivity contribution in [3.63, 3.8) is 0 Å². The van der Waals surface area contributed by atoms with Crippen molar-refractivity contribution < 1.29 is 19.0 Å². The SMILES string of the molecule is CCOC([O])(OCC)c1ccc(F)cc1. The lowest BCUT2D eigenvalue weighted by atomic mass is 10.2. The van der Waals surface area contributed by atoms with Gasteiger partial charge in [0, 0.05) is 5.56 Å². The smallest absolute Gasteiger partial charge is 0.322 e. The fourth-order valence-electron chi connectivity index (χ4n) is 1.24. The minimum Gasteiger partial charge on any atom is -0.322 e. The fraction of sp³-hybridized carbons (Fsp3) is 0.455. The molecular weight excluding hydrogens is 199 g/mol. The van der Waals surface area contributed by atoms with Crippen molar-refractivity contribution in [2.45, 2.75) is 19.8 Å². The molecule has 15 heavy (non-hydrogen) atoms. The van der Waals surface area contributed by atoms with Crippen LogP contribution in [0, 0.1) is 5.82 Å². The summed E-state index contributed by atoms with van der Waals surface area (Å²) in [5.74, 6) is -2.42. The third kappa shape index (κ3) is 2.99. The minimum absolute atomic E-state index is 0.237. The van der Waals surface area contributed by atoms with Crippen molar-refractivity contribution >= 4 is 0 Å². The molecule has 0 saturated carbocycles. The van der Waals surface area contributed by atoms with Crippen LogP contribution in [0.4, 0.5) is 4.39 Å². The van der Waals surface area contributed by atoms with Gasteiger partial charge in [0.15, 0.2) is 0 Å². The average Bonchev–Trinajstić information content (AvgIpc) is 2.19. The number of halogens is 1. The van der Waals surface area contributed by atoms with Crippen LogP contribution in [0.2, 0.25) is 0 Å². The molecule has 0 aromatic heterocycles.